The van der Waals surface area contributed by atoms with Gasteiger partial charge in [-0.25, -0.2) is 0 Å². The molecule has 0 aromatic heterocycles. The van der Waals surface area contributed by atoms with Crippen molar-refractivity contribution in [1.82, 2.24) is 4.90 Å². The van der Waals surface area contributed by atoms with Gasteiger partial charge < -0.3 is 5.73 Å². The van der Waals surface area contributed by atoms with Crippen LogP contribution in [0, 0.1) is 11.3 Å². The molecule has 0 aliphatic carbocycles. The van der Waals surface area contributed by atoms with E-state index in [1.54, 1.807) is 0 Å². The van der Waals surface area contributed by atoms with Gasteiger partial charge in [-0.3, -0.25) is 4.90 Å². The smallest absolute Gasteiger partial charge is 0.0622 e. The minimum absolute atomic E-state index is 0.632. The number of nitrogens with zero attached hydrogens (tertiary/aromatic N) is 2. The molecule has 0 heterocycles. The lowest BCUT2D eigenvalue weighted by molar-refractivity contribution is 0.277. The molecule has 1 rings (SSSR count). The van der Waals surface area contributed by atoms with Crippen molar-refractivity contribution < 1.29 is 0 Å². The Hall–Kier alpha value is -1.53. The van der Waals surface area contributed by atoms with Crippen LogP contribution in [0.1, 0.15) is 25.3 Å². The van der Waals surface area contributed by atoms with Crippen LogP contribution in [-0.2, 0) is 6.54 Å². The highest BCUT2D eigenvalue weighted by molar-refractivity contribution is 5.40. The van der Waals surface area contributed by atoms with Crippen molar-refractivity contribution in [2.24, 2.45) is 0 Å². The average molecular weight is 217 g/mol. The Labute approximate surface area is 97.5 Å². The highest BCUT2D eigenvalue weighted by Gasteiger charge is 2.03. The van der Waals surface area contributed by atoms with Crippen molar-refractivity contribution in [2.45, 2.75) is 26.3 Å². The summed E-state index contributed by atoms with van der Waals surface area (Å²) in [6.07, 6.45) is 1.57. The highest BCUT2D eigenvalue weighted by Crippen LogP contribution is 2.10. The molecule has 0 radical (unpaired) electrons. The third-order valence-corrected chi connectivity index (χ3v) is 2.57. The Kier molecular flexibility index (Phi) is 5.38. The first-order valence-corrected chi connectivity index (χ1v) is 5.70. The van der Waals surface area contributed by atoms with Crippen LogP contribution < -0.4 is 5.73 Å². The van der Waals surface area contributed by atoms with Crippen molar-refractivity contribution in [2.75, 3.05) is 18.8 Å². The van der Waals surface area contributed by atoms with Gasteiger partial charge in [0.1, 0.15) is 0 Å². The van der Waals surface area contributed by atoms with E-state index in [0.29, 0.717) is 6.42 Å². The molecule has 0 saturated heterocycles. The molecule has 0 atom stereocenters. The van der Waals surface area contributed by atoms with E-state index < -0.39 is 0 Å². The van der Waals surface area contributed by atoms with Crippen LogP contribution in [0.2, 0.25) is 0 Å². The van der Waals surface area contributed by atoms with E-state index in [1.807, 2.05) is 18.2 Å². The number of unbranched alkanes of at least 4 members (excludes halogenated alkanes) is 1. The lowest BCUT2D eigenvalue weighted by Crippen LogP contribution is -2.23. The fourth-order valence-corrected chi connectivity index (χ4v) is 1.68. The van der Waals surface area contributed by atoms with Crippen molar-refractivity contribution in [3.05, 3.63) is 29.8 Å². The van der Waals surface area contributed by atoms with Gasteiger partial charge >= 0.3 is 0 Å². The number of benzene rings is 1. The zero-order valence-corrected chi connectivity index (χ0v) is 9.82. The summed E-state index contributed by atoms with van der Waals surface area (Å²) in [6, 6.07) is 10.1. The Morgan fingerprint density at radius 1 is 1.44 bits per heavy atom. The molecular weight excluding hydrogens is 198 g/mol. The standard InChI is InChI=1S/C13H19N3/c1-2-16(9-4-3-8-14)11-12-6-5-7-13(15)10-12/h5-7,10H,2-4,9,11,15H2,1H3. The second-order valence-electron chi connectivity index (χ2n) is 3.88. The molecule has 0 amide bonds. The van der Waals surface area contributed by atoms with Crippen molar-refractivity contribution in [1.29, 1.82) is 5.26 Å². The fourth-order valence-electron chi connectivity index (χ4n) is 1.68. The predicted octanol–water partition coefficient (Wildman–Crippen LogP) is 2.39. The van der Waals surface area contributed by atoms with Crippen LogP contribution in [0.4, 0.5) is 5.69 Å². The van der Waals surface area contributed by atoms with E-state index >= 15 is 0 Å². The molecule has 0 unspecified atom stereocenters. The Morgan fingerprint density at radius 2 is 2.25 bits per heavy atom. The quantitative estimate of drug-likeness (QED) is 0.588. The van der Waals surface area contributed by atoms with E-state index in [4.69, 9.17) is 11.0 Å². The van der Waals surface area contributed by atoms with Crippen LogP contribution in [0.15, 0.2) is 24.3 Å². The maximum absolute atomic E-state index is 8.49. The van der Waals surface area contributed by atoms with Crippen molar-refractivity contribution >= 4 is 5.69 Å². The molecule has 1 aromatic carbocycles. The summed E-state index contributed by atoms with van der Waals surface area (Å²) < 4.78 is 0. The van der Waals surface area contributed by atoms with Gasteiger partial charge in [0.2, 0.25) is 0 Å². The molecule has 1 aromatic rings. The molecule has 3 nitrogen and oxygen atoms in total. The summed E-state index contributed by atoms with van der Waals surface area (Å²) in [5.74, 6) is 0. The monoisotopic (exact) mass is 217 g/mol. The van der Waals surface area contributed by atoms with Crippen LogP contribution in [-0.4, -0.2) is 18.0 Å². The molecule has 0 aliphatic rings. The summed E-state index contributed by atoms with van der Waals surface area (Å²) in [7, 11) is 0. The van der Waals surface area contributed by atoms with Gasteiger partial charge in [0.05, 0.1) is 6.07 Å². The largest absolute Gasteiger partial charge is 0.399 e. The van der Waals surface area contributed by atoms with E-state index in [1.165, 1.54) is 5.56 Å². The van der Waals surface area contributed by atoms with E-state index in [0.717, 1.165) is 31.7 Å². The van der Waals surface area contributed by atoms with Crippen molar-refractivity contribution in [3.63, 3.8) is 0 Å². The first kappa shape index (κ1) is 12.5. The fraction of sp³-hybridized carbons (Fsp3) is 0.462. The third kappa shape index (κ3) is 4.33. The minimum atomic E-state index is 0.632. The summed E-state index contributed by atoms with van der Waals surface area (Å²) in [5, 5.41) is 8.49. The molecular formula is C13H19N3. The SMILES string of the molecule is CCN(CCCC#N)Cc1cccc(N)c1. The Balaban J connectivity index is 2.47. The number of rotatable bonds is 6. The first-order valence-electron chi connectivity index (χ1n) is 5.70. The van der Waals surface area contributed by atoms with E-state index in [9.17, 15) is 0 Å². The highest BCUT2D eigenvalue weighted by atomic mass is 15.1. The molecule has 0 bridgehead atoms. The minimum Gasteiger partial charge on any atom is -0.399 e. The Bertz CT molecular complexity index is 354. The van der Waals surface area contributed by atoms with Gasteiger partial charge in [-0.15, -0.1) is 0 Å². The van der Waals surface area contributed by atoms with Gasteiger partial charge in [0.25, 0.3) is 0 Å². The van der Waals surface area contributed by atoms with Gasteiger partial charge in [-0.2, -0.15) is 5.26 Å². The maximum Gasteiger partial charge on any atom is 0.0622 e. The third-order valence-electron chi connectivity index (χ3n) is 2.57. The molecule has 0 fully saturated rings. The number of nitrogen functional groups attached to an aromatic ring is 1. The summed E-state index contributed by atoms with van der Waals surface area (Å²) >= 11 is 0. The second-order valence-corrected chi connectivity index (χ2v) is 3.88. The van der Waals surface area contributed by atoms with Crippen LogP contribution in [0.5, 0.6) is 0 Å². The normalized spacial score (nSPS) is 10.3. The first-order chi connectivity index (χ1) is 7.76. The predicted molar refractivity (Wildman–Crippen MR) is 66.7 cm³/mol. The number of anilines is 1. The summed E-state index contributed by atoms with van der Waals surface area (Å²) in [5.41, 5.74) is 7.78. The summed E-state index contributed by atoms with van der Waals surface area (Å²) in [4.78, 5) is 2.33. The molecule has 86 valence electrons. The molecule has 0 aliphatic heterocycles. The number of hydrogen-bond donors (Lipinski definition) is 1. The molecule has 0 spiro atoms. The zero-order valence-electron chi connectivity index (χ0n) is 9.82. The maximum atomic E-state index is 8.49. The van der Waals surface area contributed by atoms with Gasteiger partial charge in [0, 0.05) is 18.7 Å². The number of nitriles is 1. The Morgan fingerprint density at radius 3 is 2.88 bits per heavy atom. The van der Waals surface area contributed by atoms with Crippen molar-refractivity contribution in [3.8, 4) is 6.07 Å². The molecule has 3 heteroatoms. The molecule has 0 saturated carbocycles. The zero-order chi connectivity index (χ0) is 11.8. The lowest BCUT2D eigenvalue weighted by Gasteiger charge is -2.19. The number of hydrogen-bond acceptors (Lipinski definition) is 3. The number of nitrogens with two attached hydrogens (primary N) is 1. The van der Waals surface area contributed by atoms with Crippen LogP contribution in [0.25, 0.3) is 0 Å². The second kappa shape index (κ2) is 6.86. The topological polar surface area (TPSA) is 53.0 Å². The molecule has 2 N–H and O–H groups in total. The van der Waals surface area contributed by atoms with E-state index in [-0.39, 0.29) is 0 Å². The van der Waals surface area contributed by atoms with Gasteiger partial charge in [-0.05, 0) is 37.2 Å². The molecule has 16 heavy (non-hydrogen) atoms. The van der Waals surface area contributed by atoms with Crippen LogP contribution in [0.3, 0.4) is 0 Å². The van der Waals surface area contributed by atoms with Gasteiger partial charge in [0.15, 0.2) is 0 Å². The lowest BCUT2D eigenvalue weighted by atomic mass is 10.2. The van der Waals surface area contributed by atoms with Crippen LogP contribution >= 0.6 is 0 Å². The van der Waals surface area contributed by atoms with E-state index in [2.05, 4.69) is 24.0 Å². The van der Waals surface area contributed by atoms with Gasteiger partial charge in [-0.1, -0.05) is 19.1 Å². The average Bonchev–Trinajstić information content (AvgIpc) is 2.28. The summed E-state index contributed by atoms with van der Waals surface area (Å²) in [6.45, 7) is 5.02.